The minimum atomic E-state index is -1.56. The van der Waals surface area contributed by atoms with E-state index in [4.69, 9.17) is 16.7 Å². The number of carbonyl (C=O) groups excluding carboxylic acids is 1. The van der Waals surface area contributed by atoms with E-state index in [2.05, 4.69) is 9.97 Å². The molecule has 1 atom stereocenters. The molecule has 0 aromatic carbocycles. The molecule has 1 aromatic heterocycles. The maximum atomic E-state index is 9.74. The van der Waals surface area contributed by atoms with Gasteiger partial charge in [0.15, 0.2) is 0 Å². The third kappa shape index (κ3) is 7.11. The first kappa shape index (κ1) is 12.4. The Hall–Kier alpha value is -1.56. The molecule has 6 nitrogen and oxygen atoms in total. The maximum absolute atomic E-state index is 9.74. The van der Waals surface area contributed by atoms with E-state index < -0.39 is 23.7 Å². The first-order chi connectivity index (χ1) is 6.54. The number of nitrogens with one attached hydrogen (secondary N) is 2. The molecule has 0 aliphatic heterocycles. The predicted octanol–water partition coefficient (Wildman–Crippen LogP) is -1.35. The number of alkyl halides is 1. The molecule has 0 radical (unpaired) electrons. The summed E-state index contributed by atoms with van der Waals surface area (Å²) in [4.78, 5) is 25.1. The molecule has 0 aliphatic rings. The van der Waals surface area contributed by atoms with Gasteiger partial charge in [-0.1, -0.05) is 0 Å². The van der Waals surface area contributed by atoms with Crippen LogP contribution in [0.3, 0.4) is 0 Å². The van der Waals surface area contributed by atoms with Crippen LogP contribution < -0.4 is 10.1 Å². The molecule has 14 heavy (non-hydrogen) atoms. The average Bonchev–Trinajstić information content (AvgIpc) is 2.59. The van der Waals surface area contributed by atoms with E-state index in [1.54, 1.807) is 6.33 Å². The number of imidazole rings is 1. The SMILES string of the molecule is O=C(O)C[C@@H](Cl)C(=O)[O-].c1c[nH+]c[nH]1. The maximum Gasteiger partial charge on any atom is 0.305 e. The highest BCUT2D eigenvalue weighted by atomic mass is 35.5. The molecule has 1 heterocycles. The summed E-state index contributed by atoms with van der Waals surface area (Å²) in [7, 11) is 0. The molecule has 0 saturated heterocycles. The van der Waals surface area contributed by atoms with E-state index in [9.17, 15) is 14.7 Å². The van der Waals surface area contributed by atoms with Crippen molar-refractivity contribution in [1.29, 1.82) is 0 Å². The number of hydrogen-bond donors (Lipinski definition) is 2. The third-order valence-electron chi connectivity index (χ3n) is 1.05. The number of rotatable bonds is 3. The molecule has 7 heteroatoms. The lowest BCUT2D eigenvalue weighted by molar-refractivity contribution is -0.375. The fourth-order valence-electron chi connectivity index (χ4n) is 0.477. The Morgan fingerprint density at radius 2 is 2.29 bits per heavy atom. The normalized spacial score (nSPS) is 10.9. The summed E-state index contributed by atoms with van der Waals surface area (Å²) in [5.41, 5.74) is 0. The van der Waals surface area contributed by atoms with Gasteiger partial charge in [-0.05, 0) is 0 Å². The number of carbonyl (C=O) groups is 2. The van der Waals surface area contributed by atoms with E-state index in [1.807, 2.05) is 12.4 Å². The lowest BCUT2D eigenvalue weighted by Gasteiger charge is -2.05. The van der Waals surface area contributed by atoms with Gasteiger partial charge in [0, 0.05) is 0 Å². The summed E-state index contributed by atoms with van der Waals surface area (Å²) < 4.78 is 0. The number of H-pyrrole nitrogens is 2. The summed E-state index contributed by atoms with van der Waals surface area (Å²) in [5, 5.41) is 16.3. The van der Waals surface area contributed by atoms with Gasteiger partial charge < -0.3 is 15.0 Å². The van der Waals surface area contributed by atoms with Gasteiger partial charge in [-0.25, -0.2) is 0 Å². The summed E-state index contributed by atoms with van der Waals surface area (Å²) in [6, 6.07) is 0. The Labute approximate surface area is 84.5 Å². The van der Waals surface area contributed by atoms with Crippen molar-refractivity contribution < 1.29 is 24.8 Å². The quantitative estimate of drug-likeness (QED) is 0.614. The van der Waals surface area contributed by atoms with E-state index in [0.29, 0.717) is 0 Å². The minimum Gasteiger partial charge on any atom is -0.549 e. The topological polar surface area (TPSA) is 107 Å². The fourth-order valence-corrected chi connectivity index (χ4v) is 0.609. The Morgan fingerprint density at radius 1 is 1.64 bits per heavy atom. The van der Waals surface area contributed by atoms with Gasteiger partial charge in [0.05, 0.1) is 17.8 Å². The molecule has 0 bridgehead atoms. The highest BCUT2D eigenvalue weighted by Crippen LogP contribution is 1.98. The van der Waals surface area contributed by atoms with Crippen molar-refractivity contribution in [3.8, 4) is 0 Å². The van der Waals surface area contributed by atoms with Crippen molar-refractivity contribution in [2.75, 3.05) is 0 Å². The minimum absolute atomic E-state index is 0.607. The number of aromatic amines is 2. The second kappa shape index (κ2) is 6.90. The van der Waals surface area contributed by atoms with Crippen molar-refractivity contribution >= 4 is 23.5 Å². The van der Waals surface area contributed by atoms with Crippen LogP contribution in [0.4, 0.5) is 0 Å². The highest BCUT2D eigenvalue weighted by Gasteiger charge is 2.09. The van der Waals surface area contributed by atoms with Crippen molar-refractivity contribution in [3.63, 3.8) is 0 Å². The van der Waals surface area contributed by atoms with Gasteiger partial charge >= 0.3 is 5.97 Å². The van der Waals surface area contributed by atoms with Crippen LogP contribution in [0.5, 0.6) is 0 Å². The Balaban J connectivity index is 0.000000280. The lowest BCUT2D eigenvalue weighted by atomic mass is 10.3. The van der Waals surface area contributed by atoms with Crippen LogP contribution in [0.1, 0.15) is 6.42 Å². The molecular weight excluding hydrogens is 212 g/mol. The molecular formula is C7H9ClN2O4. The molecule has 0 amide bonds. The lowest BCUT2D eigenvalue weighted by Crippen LogP contribution is -2.33. The summed E-state index contributed by atoms with van der Waals surface area (Å²) in [6.07, 6.45) is 4.78. The molecule has 0 fully saturated rings. The van der Waals surface area contributed by atoms with E-state index in [-0.39, 0.29) is 0 Å². The monoisotopic (exact) mass is 220 g/mol. The Kier molecular flexibility index (Phi) is 6.13. The first-order valence-electron chi connectivity index (χ1n) is 3.59. The second-order valence-electron chi connectivity index (χ2n) is 2.20. The van der Waals surface area contributed by atoms with Crippen molar-refractivity contribution in [1.82, 2.24) is 4.98 Å². The van der Waals surface area contributed by atoms with Gasteiger partial charge in [0.25, 0.3) is 0 Å². The zero-order valence-corrected chi connectivity index (χ0v) is 7.82. The van der Waals surface area contributed by atoms with Gasteiger partial charge in [-0.3, -0.25) is 14.8 Å². The van der Waals surface area contributed by atoms with Crippen LogP contribution in [0, 0.1) is 0 Å². The zero-order valence-electron chi connectivity index (χ0n) is 7.07. The van der Waals surface area contributed by atoms with Crippen LogP contribution in [0.15, 0.2) is 18.7 Å². The van der Waals surface area contributed by atoms with E-state index in [1.165, 1.54) is 0 Å². The summed E-state index contributed by atoms with van der Waals surface area (Å²) in [6.45, 7) is 0. The molecule has 1 aromatic rings. The second-order valence-corrected chi connectivity index (χ2v) is 2.72. The van der Waals surface area contributed by atoms with Crippen LogP contribution >= 0.6 is 11.6 Å². The molecule has 3 N–H and O–H groups in total. The number of carboxylic acids is 2. The van der Waals surface area contributed by atoms with Crippen molar-refractivity contribution in [3.05, 3.63) is 18.7 Å². The van der Waals surface area contributed by atoms with Gasteiger partial charge in [0.1, 0.15) is 12.4 Å². The molecule has 1 rings (SSSR count). The van der Waals surface area contributed by atoms with Crippen LogP contribution in [0.25, 0.3) is 0 Å². The fraction of sp³-hybridized carbons (Fsp3) is 0.286. The number of aliphatic carboxylic acids is 2. The first-order valence-corrected chi connectivity index (χ1v) is 4.03. The molecule has 0 spiro atoms. The van der Waals surface area contributed by atoms with Gasteiger partial charge in [-0.15, -0.1) is 11.6 Å². The molecule has 0 unspecified atom stereocenters. The van der Waals surface area contributed by atoms with Crippen molar-refractivity contribution in [2.24, 2.45) is 0 Å². The van der Waals surface area contributed by atoms with Crippen LogP contribution in [-0.2, 0) is 9.59 Å². The summed E-state index contributed by atoms with van der Waals surface area (Å²) >= 11 is 4.97. The Bertz CT molecular complexity index is 258. The number of carboxylic acid groups (broad SMARTS) is 2. The molecule has 0 aliphatic carbocycles. The third-order valence-corrected chi connectivity index (χ3v) is 1.38. The zero-order chi connectivity index (χ0) is 11.0. The van der Waals surface area contributed by atoms with E-state index in [0.717, 1.165) is 0 Å². The van der Waals surface area contributed by atoms with Gasteiger partial charge in [-0.2, -0.15) is 0 Å². The predicted molar refractivity (Wildman–Crippen MR) is 44.2 cm³/mol. The Morgan fingerprint density at radius 3 is 2.43 bits per heavy atom. The molecule has 0 saturated carbocycles. The van der Waals surface area contributed by atoms with Crippen LogP contribution in [-0.4, -0.2) is 27.4 Å². The largest absolute Gasteiger partial charge is 0.549 e. The molecule has 78 valence electrons. The highest BCUT2D eigenvalue weighted by molar-refractivity contribution is 6.30. The van der Waals surface area contributed by atoms with Crippen LogP contribution in [0.2, 0.25) is 0 Å². The summed E-state index contributed by atoms with van der Waals surface area (Å²) in [5.74, 6) is -2.81. The number of halogens is 1. The number of aromatic nitrogens is 2. The van der Waals surface area contributed by atoms with E-state index >= 15 is 0 Å². The van der Waals surface area contributed by atoms with Crippen molar-refractivity contribution in [2.45, 2.75) is 11.8 Å². The average molecular weight is 221 g/mol. The standard InChI is InChI=1S/C4H5ClO4.C3H4N2/c5-2(4(8)9)1-3(6)7;1-2-5-3-4-1/h2H,1H2,(H,6,7)(H,8,9);1-3H,(H,4,5)/t2-;/m1./s1. The number of hydrogen-bond acceptors (Lipinski definition) is 3. The van der Waals surface area contributed by atoms with Gasteiger partial charge in [0.2, 0.25) is 6.33 Å². The smallest absolute Gasteiger partial charge is 0.305 e.